The number of aryl methyl sites for hydroxylation is 1. The van der Waals surface area contributed by atoms with Crippen LogP contribution in [0.4, 0.5) is 10.1 Å². The number of nitrogens with two attached hydrogens (primary N) is 1. The Bertz CT molecular complexity index is 373. The van der Waals surface area contributed by atoms with Crippen molar-refractivity contribution in [3.05, 3.63) is 29.6 Å². The van der Waals surface area contributed by atoms with Gasteiger partial charge in [0.15, 0.2) is 0 Å². The van der Waals surface area contributed by atoms with Crippen molar-refractivity contribution in [1.82, 2.24) is 4.90 Å². The van der Waals surface area contributed by atoms with Crippen LogP contribution >= 0.6 is 0 Å². The van der Waals surface area contributed by atoms with Crippen LogP contribution in [0.25, 0.3) is 0 Å². The molecule has 1 fully saturated rings. The monoisotopic (exact) mass is 237 g/mol. The molecule has 1 aromatic rings. The molecule has 0 aliphatic carbocycles. The molecule has 0 bridgehead atoms. The van der Waals surface area contributed by atoms with E-state index in [2.05, 4.69) is 9.80 Å². The molecule has 0 spiro atoms. The molecule has 2 rings (SSSR count). The van der Waals surface area contributed by atoms with Gasteiger partial charge in [-0.25, -0.2) is 4.39 Å². The average molecular weight is 237 g/mol. The number of halogens is 1. The normalized spacial score (nSPS) is 17.5. The molecule has 0 radical (unpaired) electrons. The summed E-state index contributed by atoms with van der Waals surface area (Å²) in [5.74, 6) is -0.129. The zero-order valence-corrected chi connectivity index (χ0v) is 10.3. The predicted molar refractivity (Wildman–Crippen MR) is 68.8 cm³/mol. The van der Waals surface area contributed by atoms with Crippen LogP contribution < -0.4 is 10.6 Å². The molecule has 94 valence electrons. The molecule has 0 aromatic heterocycles. The average Bonchev–Trinajstić information content (AvgIpc) is 2.34. The minimum atomic E-state index is -0.129. The van der Waals surface area contributed by atoms with E-state index in [1.165, 1.54) is 0 Å². The Morgan fingerprint density at radius 3 is 2.53 bits per heavy atom. The number of anilines is 1. The first kappa shape index (κ1) is 12.3. The zero-order chi connectivity index (χ0) is 12.3. The van der Waals surface area contributed by atoms with Gasteiger partial charge in [-0.15, -0.1) is 0 Å². The maximum Gasteiger partial charge on any atom is 0.126 e. The zero-order valence-electron chi connectivity index (χ0n) is 10.3. The van der Waals surface area contributed by atoms with Crippen LogP contribution in [0.1, 0.15) is 5.56 Å². The predicted octanol–water partition coefficient (Wildman–Crippen LogP) is 1.21. The van der Waals surface area contributed by atoms with E-state index in [1.807, 2.05) is 19.1 Å². The molecule has 1 aliphatic rings. The van der Waals surface area contributed by atoms with Gasteiger partial charge >= 0.3 is 0 Å². The van der Waals surface area contributed by atoms with Gasteiger partial charge in [0.2, 0.25) is 0 Å². The van der Waals surface area contributed by atoms with Crippen LogP contribution in [0.2, 0.25) is 0 Å². The minimum Gasteiger partial charge on any atom is -0.369 e. The highest BCUT2D eigenvalue weighted by atomic mass is 19.1. The second kappa shape index (κ2) is 5.47. The van der Waals surface area contributed by atoms with E-state index in [-0.39, 0.29) is 5.82 Å². The molecule has 1 aromatic carbocycles. The highest BCUT2D eigenvalue weighted by Gasteiger charge is 2.16. The minimum absolute atomic E-state index is 0.129. The Hall–Kier alpha value is -1.13. The van der Waals surface area contributed by atoms with Gasteiger partial charge in [-0.05, 0) is 30.7 Å². The van der Waals surface area contributed by atoms with E-state index in [4.69, 9.17) is 5.73 Å². The Labute approximate surface area is 102 Å². The fourth-order valence-corrected chi connectivity index (χ4v) is 2.24. The molecule has 0 saturated carbocycles. The topological polar surface area (TPSA) is 32.5 Å². The first-order valence-corrected chi connectivity index (χ1v) is 6.14. The molecular formula is C13H20FN3. The summed E-state index contributed by atoms with van der Waals surface area (Å²) in [6.45, 7) is 7.55. The molecular weight excluding hydrogens is 217 g/mol. The standard InChI is InChI=1S/C13H20FN3/c1-11-10-12(2-3-13(11)14)17-8-6-16(5-4-15)7-9-17/h2-3,10H,4-9,15H2,1H3. The Morgan fingerprint density at radius 2 is 1.94 bits per heavy atom. The third-order valence-electron chi connectivity index (χ3n) is 3.32. The Morgan fingerprint density at radius 1 is 1.24 bits per heavy atom. The third-order valence-corrected chi connectivity index (χ3v) is 3.32. The lowest BCUT2D eigenvalue weighted by atomic mass is 10.2. The van der Waals surface area contributed by atoms with Crippen LogP contribution in [0, 0.1) is 12.7 Å². The van der Waals surface area contributed by atoms with E-state index in [0.29, 0.717) is 5.56 Å². The van der Waals surface area contributed by atoms with Gasteiger partial charge in [0.25, 0.3) is 0 Å². The van der Waals surface area contributed by atoms with Gasteiger partial charge in [-0.3, -0.25) is 4.90 Å². The number of hydrogen-bond acceptors (Lipinski definition) is 3. The molecule has 2 N–H and O–H groups in total. The smallest absolute Gasteiger partial charge is 0.126 e. The van der Waals surface area contributed by atoms with Gasteiger partial charge in [-0.1, -0.05) is 0 Å². The second-order valence-electron chi connectivity index (χ2n) is 4.55. The molecule has 0 amide bonds. The number of hydrogen-bond donors (Lipinski definition) is 1. The van der Waals surface area contributed by atoms with Crippen molar-refractivity contribution in [1.29, 1.82) is 0 Å². The summed E-state index contributed by atoms with van der Waals surface area (Å²) >= 11 is 0. The molecule has 1 saturated heterocycles. The van der Waals surface area contributed by atoms with Crippen LogP contribution in [-0.2, 0) is 0 Å². The summed E-state index contributed by atoms with van der Waals surface area (Å²) in [5, 5.41) is 0. The molecule has 1 aliphatic heterocycles. The summed E-state index contributed by atoms with van der Waals surface area (Å²) in [6, 6.07) is 5.34. The van der Waals surface area contributed by atoms with E-state index < -0.39 is 0 Å². The van der Waals surface area contributed by atoms with Crippen molar-refractivity contribution in [3.8, 4) is 0 Å². The van der Waals surface area contributed by atoms with Gasteiger partial charge in [0, 0.05) is 45.0 Å². The van der Waals surface area contributed by atoms with Crippen molar-refractivity contribution in [2.75, 3.05) is 44.2 Å². The van der Waals surface area contributed by atoms with E-state index in [0.717, 1.165) is 45.0 Å². The number of piperazine rings is 1. The van der Waals surface area contributed by atoms with Crippen LogP contribution in [0.5, 0.6) is 0 Å². The van der Waals surface area contributed by atoms with Crippen molar-refractivity contribution >= 4 is 5.69 Å². The Balaban J connectivity index is 1.98. The SMILES string of the molecule is Cc1cc(N2CCN(CCN)CC2)ccc1F. The number of rotatable bonds is 3. The second-order valence-corrected chi connectivity index (χ2v) is 4.55. The summed E-state index contributed by atoms with van der Waals surface area (Å²) in [5.41, 5.74) is 7.38. The quantitative estimate of drug-likeness (QED) is 0.858. The fraction of sp³-hybridized carbons (Fsp3) is 0.538. The molecule has 3 nitrogen and oxygen atoms in total. The lowest BCUT2D eigenvalue weighted by Crippen LogP contribution is -2.47. The lowest BCUT2D eigenvalue weighted by molar-refractivity contribution is 0.265. The van der Waals surface area contributed by atoms with Gasteiger partial charge < -0.3 is 10.6 Å². The van der Waals surface area contributed by atoms with E-state index >= 15 is 0 Å². The van der Waals surface area contributed by atoms with Crippen LogP contribution in [0.15, 0.2) is 18.2 Å². The number of benzene rings is 1. The van der Waals surface area contributed by atoms with Gasteiger partial charge in [-0.2, -0.15) is 0 Å². The highest BCUT2D eigenvalue weighted by molar-refractivity contribution is 5.49. The summed E-state index contributed by atoms with van der Waals surface area (Å²) in [7, 11) is 0. The van der Waals surface area contributed by atoms with Crippen molar-refractivity contribution < 1.29 is 4.39 Å². The summed E-state index contributed by atoms with van der Waals surface area (Å²) < 4.78 is 13.2. The lowest BCUT2D eigenvalue weighted by Gasteiger charge is -2.36. The maximum atomic E-state index is 13.2. The van der Waals surface area contributed by atoms with Crippen molar-refractivity contribution in [2.24, 2.45) is 5.73 Å². The van der Waals surface area contributed by atoms with Gasteiger partial charge in [0.05, 0.1) is 0 Å². The van der Waals surface area contributed by atoms with Crippen molar-refractivity contribution in [3.63, 3.8) is 0 Å². The first-order valence-electron chi connectivity index (χ1n) is 6.14. The molecule has 0 atom stereocenters. The maximum absolute atomic E-state index is 13.2. The largest absolute Gasteiger partial charge is 0.369 e. The van der Waals surface area contributed by atoms with E-state index in [9.17, 15) is 4.39 Å². The third kappa shape index (κ3) is 2.96. The molecule has 4 heteroatoms. The fourth-order valence-electron chi connectivity index (χ4n) is 2.24. The van der Waals surface area contributed by atoms with Crippen LogP contribution in [-0.4, -0.2) is 44.2 Å². The highest BCUT2D eigenvalue weighted by Crippen LogP contribution is 2.19. The van der Waals surface area contributed by atoms with Crippen LogP contribution in [0.3, 0.4) is 0 Å². The van der Waals surface area contributed by atoms with E-state index in [1.54, 1.807) is 6.07 Å². The van der Waals surface area contributed by atoms with Crippen molar-refractivity contribution in [2.45, 2.75) is 6.92 Å². The Kier molecular flexibility index (Phi) is 3.97. The molecule has 1 heterocycles. The first-order chi connectivity index (χ1) is 8.20. The molecule has 17 heavy (non-hydrogen) atoms. The number of nitrogens with zero attached hydrogens (tertiary/aromatic N) is 2. The summed E-state index contributed by atoms with van der Waals surface area (Å²) in [6.07, 6.45) is 0. The summed E-state index contributed by atoms with van der Waals surface area (Å²) in [4.78, 5) is 4.67. The van der Waals surface area contributed by atoms with Gasteiger partial charge in [0.1, 0.15) is 5.82 Å². The molecule has 0 unspecified atom stereocenters.